The second kappa shape index (κ2) is 7.00. The summed E-state index contributed by atoms with van der Waals surface area (Å²) in [5, 5.41) is 1.08. The molecule has 5 heteroatoms. The Morgan fingerprint density at radius 1 is 1.00 bits per heavy atom. The van der Waals surface area contributed by atoms with Crippen LogP contribution in [0.25, 0.3) is 22.2 Å². The molecule has 2 aromatic carbocycles. The van der Waals surface area contributed by atoms with E-state index in [0.29, 0.717) is 6.42 Å². The van der Waals surface area contributed by atoms with E-state index in [2.05, 4.69) is 4.98 Å². The first-order chi connectivity index (χ1) is 11.6. The van der Waals surface area contributed by atoms with Crippen molar-refractivity contribution in [2.45, 2.75) is 12.8 Å². The maximum absolute atomic E-state index is 11.8. The van der Waals surface area contributed by atoms with E-state index in [4.69, 9.17) is 10.5 Å². The van der Waals surface area contributed by atoms with Gasteiger partial charge in [0.1, 0.15) is 0 Å². The highest BCUT2D eigenvalue weighted by Gasteiger charge is 2.15. The van der Waals surface area contributed by atoms with Crippen molar-refractivity contribution in [2.24, 2.45) is 5.73 Å². The lowest BCUT2D eigenvalue weighted by Crippen LogP contribution is -2.21. The number of esters is 1. The summed E-state index contributed by atoms with van der Waals surface area (Å²) in [5.41, 5.74) is 9.14. The summed E-state index contributed by atoms with van der Waals surface area (Å²) in [4.78, 5) is 25.9. The number of carbonyl (C=O) groups excluding carboxylic acids is 2. The van der Waals surface area contributed by atoms with Gasteiger partial charge in [0.25, 0.3) is 5.91 Å². The maximum Gasteiger partial charge on any atom is 0.306 e. The van der Waals surface area contributed by atoms with Crippen molar-refractivity contribution in [2.75, 3.05) is 6.61 Å². The summed E-state index contributed by atoms with van der Waals surface area (Å²) >= 11 is 0. The average molecular weight is 322 g/mol. The largest absolute Gasteiger partial charge is 0.456 e. The van der Waals surface area contributed by atoms with Crippen LogP contribution in [0, 0.1) is 0 Å². The van der Waals surface area contributed by atoms with Gasteiger partial charge in [-0.3, -0.25) is 9.59 Å². The van der Waals surface area contributed by atoms with Gasteiger partial charge in [0.15, 0.2) is 6.61 Å². The molecule has 3 N–H and O–H groups in total. The standard InChI is InChI=1S/C19H18N2O3/c20-17(22)12-24-18(23)11-10-15-14-8-4-5-9-16(14)21-19(15)13-6-2-1-3-7-13/h1-9,21H,10-12H2,(H2,20,22). The first-order valence-electron chi connectivity index (χ1n) is 7.74. The first kappa shape index (κ1) is 15.8. The van der Waals surface area contributed by atoms with Crippen molar-refractivity contribution >= 4 is 22.8 Å². The fourth-order valence-corrected chi connectivity index (χ4v) is 2.76. The molecule has 0 aliphatic heterocycles. The Bertz CT molecular complexity index is 869. The van der Waals surface area contributed by atoms with E-state index in [0.717, 1.165) is 27.7 Å². The van der Waals surface area contributed by atoms with E-state index < -0.39 is 11.9 Å². The number of aryl methyl sites for hydroxylation is 1. The number of hydrogen-bond donors (Lipinski definition) is 2. The van der Waals surface area contributed by atoms with Crippen LogP contribution < -0.4 is 5.73 Å². The Hall–Kier alpha value is -3.08. The Morgan fingerprint density at radius 2 is 1.71 bits per heavy atom. The van der Waals surface area contributed by atoms with Gasteiger partial charge in [-0.25, -0.2) is 0 Å². The van der Waals surface area contributed by atoms with Gasteiger partial charge in [0.05, 0.1) is 0 Å². The van der Waals surface area contributed by atoms with Crippen LogP contribution in [-0.2, 0) is 20.7 Å². The number of hydrogen-bond acceptors (Lipinski definition) is 3. The van der Waals surface area contributed by atoms with Crippen molar-refractivity contribution in [1.82, 2.24) is 4.98 Å². The molecule has 3 rings (SSSR count). The lowest BCUT2D eigenvalue weighted by molar-refractivity contribution is -0.147. The number of benzene rings is 2. The summed E-state index contributed by atoms with van der Waals surface area (Å²) in [6.07, 6.45) is 0.709. The zero-order valence-corrected chi connectivity index (χ0v) is 13.1. The quantitative estimate of drug-likeness (QED) is 0.684. The molecule has 0 saturated carbocycles. The van der Waals surface area contributed by atoms with E-state index in [1.54, 1.807) is 0 Å². The number of primary amides is 1. The van der Waals surface area contributed by atoms with Crippen molar-refractivity contribution in [3.8, 4) is 11.3 Å². The summed E-state index contributed by atoms with van der Waals surface area (Å²) in [7, 11) is 0. The zero-order chi connectivity index (χ0) is 16.9. The molecule has 0 radical (unpaired) electrons. The normalized spacial score (nSPS) is 10.7. The summed E-state index contributed by atoms with van der Waals surface area (Å²) in [5.74, 6) is -1.08. The predicted molar refractivity (Wildman–Crippen MR) is 92.2 cm³/mol. The minimum atomic E-state index is -0.652. The molecule has 0 bridgehead atoms. The lowest BCUT2D eigenvalue weighted by Gasteiger charge is -2.06. The zero-order valence-electron chi connectivity index (χ0n) is 13.1. The van der Waals surface area contributed by atoms with Crippen LogP contribution in [0.15, 0.2) is 54.6 Å². The fourth-order valence-electron chi connectivity index (χ4n) is 2.76. The highest BCUT2D eigenvalue weighted by atomic mass is 16.5. The second-order valence-electron chi connectivity index (χ2n) is 5.52. The molecule has 0 spiro atoms. The number of ether oxygens (including phenoxy) is 1. The number of para-hydroxylation sites is 1. The fraction of sp³-hybridized carbons (Fsp3) is 0.158. The number of carbonyl (C=O) groups is 2. The van der Waals surface area contributed by atoms with Crippen LogP contribution in [0.2, 0.25) is 0 Å². The van der Waals surface area contributed by atoms with Gasteiger partial charge in [-0.15, -0.1) is 0 Å². The Kier molecular flexibility index (Phi) is 4.61. The third-order valence-corrected chi connectivity index (χ3v) is 3.83. The Labute approximate surface area is 139 Å². The van der Waals surface area contributed by atoms with E-state index in [-0.39, 0.29) is 13.0 Å². The SMILES string of the molecule is NC(=O)COC(=O)CCc1c(-c2ccccc2)[nH]c2ccccc12. The Morgan fingerprint density at radius 3 is 2.46 bits per heavy atom. The number of H-pyrrole nitrogens is 1. The molecule has 0 aliphatic rings. The summed E-state index contributed by atoms with van der Waals surface area (Å²) < 4.78 is 4.84. The average Bonchev–Trinajstić information content (AvgIpc) is 2.97. The molecule has 0 unspecified atom stereocenters. The molecule has 0 aliphatic carbocycles. The monoisotopic (exact) mass is 322 g/mol. The molecular weight excluding hydrogens is 304 g/mol. The van der Waals surface area contributed by atoms with Gasteiger partial charge in [0, 0.05) is 23.0 Å². The summed E-state index contributed by atoms with van der Waals surface area (Å²) in [6.45, 7) is -0.377. The topological polar surface area (TPSA) is 85.2 Å². The number of fused-ring (bicyclic) bond motifs is 1. The number of nitrogens with one attached hydrogen (secondary N) is 1. The van der Waals surface area contributed by atoms with Crippen LogP contribution in [0.4, 0.5) is 0 Å². The third-order valence-electron chi connectivity index (χ3n) is 3.83. The molecule has 0 fully saturated rings. The number of rotatable bonds is 6. The first-order valence-corrected chi connectivity index (χ1v) is 7.74. The van der Waals surface area contributed by atoms with Gasteiger partial charge in [0.2, 0.25) is 0 Å². The molecule has 1 amide bonds. The molecule has 24 heavy (non-hydrogen) atoms. The molecular formula is C19H18N2O3. The molecule has 1 heterocycles. The van der Waals surface area contributed by atoms with Gasteiger partial charge < -0.3 is 15.5 Å². The Balaban J connectivity index is 1.88. The number of aromatic amines is 1. The van der Waals surface area contributed by atoms with Gasteiger partial charge in [-0.05, 0) is 23.6 Å². The minimum Gasteiger partial charge on any atom is -0.456 e. The van der Waals surface area contributed by atoms with Crippen molar-refractivity contribution in [1.29, 1.82) is 0 Å². The van der Waals surface area contributed by atoms with E-state index in [1.165, 1.54) is 0 Å². The van der Waals surface area contributed by atoms with Crippen LogP contribution in [0.3, 0.4) is 0 Å². The molecule has 0 atom stereocenters. The lowest BCUT2D eigenvalue weighted by atomic mass is 10.0. The van der Waals surface area contributed by atoms with E-state index >= 15 is 0 Å². The molecule has 3 aromatic rings. The summed E-state index contributed by atoms with van der Waals surface area (Å²) in [6, 6.07) is 18.0. The van der Waals surface area contributed by atoms with Crippen LogP contribution in [0.1, 0.15) is 12.0 Å². The minimum absolute atomic E-state index is 0.189. The predicted octanol–water partition coefficient (Wildman–Crippen LogP) is 2.80. The molecule has 122 valence electrons. The van der Waals surface area contributed by atoms with Crippen molar-refractivity contribution < 1.29 is 14.3 Å². The molecule has 5 nitrogen and oxygen atoms in total. The number of aromatic nitrogens is 1. The van der Waals surface area contributed by atoms with Crippen molar-refractivity contribution in [3.63, 3.8) is 0 Å². The van der Waals surface area contributed by atoms with Crippen molar-refractivity contribution in [3.05, 3.63) is 60.2 Å². The third kappa shape index (κ3) is 3.46. The number of nitrogens with two attached hydrogens (primary N) is 1. The highest BCUT2D eigenvalue weighted by Crippen LogP contribution is 2.31. The maximum atomic E-state index is 11.8. The van der Waals surface area contributed by atoms with Crippen LogP contribution in [0.5, 0.6) is 0 Å². The molecule has 1 aromatic heterocycles. The second-order valence-corrected chi connectivity index (χ2v) is 5.52. The number of amides is 1. The van der Waals surface area contributed by atoms with Crippen LogP contribution >= 0.6 is 0 Å². The smallest absolute Gasteiger partial charge is 0.306 e. The van der Waals surface area contributed by atoms with E-state index in [9.17, 15) is 9.59 Å². The van der Waals surface area contributed by atoms with Gasteiger partial charge in [-0.2, -0.15) is 0 Å². The van der Waals surface area contributed by atoms with E-state index in [1.807, 2.05) is 54.6 Å². The highest BCUT2D eigenvalue weighted by molar-refractivity contribution is 5.91. The van der Waals surface area contributed by atoms with Crippen LogP contribution in [-0.4, -0.2) is 23.5 Å². The molecule has 0 saturated heterocycles. The van der Waals surface area contributed by atoms with Gasteiger partial charge in [-0.1, -0.05) is 48.5 Å². The van der Waals surface area contributed by atoms with Gasteiger partial charge >= 0.3 is 5.97 Å².